The van der Waals surface area contributed by atoms with E-state index in [1.807, 2.05) is 121 Å². The lowest BCUT2D eigenvalue weighted by Gasteiger charge is -2.21. The fourth-order valence-corrected chi connectivity index (χ4v) is 8.29. The molecule has 0 amide bonds. The number of fused-ring (bicyclic) bond motifs is 2. The number of aromatic nitrogens is 4. The van der Waals surface area contributed by atoms with E-state index in [0.717, 1.165) is 48.0 Å². The molecule has 2 N–H and O–H groups in total. The highest BCUT2D eigenvalue weighted by molar-refractivity contribution is 9.10. The second-order valence-electron chi connectivity index (χ2n) is 14.5. The highest BCUT2D eigenvalue weighted by Crippen LogP contribution is 2.32. The van der Waals surface area contributed by atoms with Crippen molar-refractivity contribution in [3.05, 3.63) is 208 Å². The van der Waals surface area contributed by atoms with E-state index >= 15 is 0 Å². The predicted octanol–water partition coefficient (Wildman–Crippen LogP) is 12.8. The number of nitrogens with one attached hydrogen (secondary N) is 2. The summed E-state index contributed by atoms with van der Waals surface area (Å²) in [5, 5.41) is 18.0. The molecule has 2 unspecified atom stereocenters. The Kier molecular flexibility index (Phi) is 11.1. The molecule has 12 nitrogen and oxygen atoms in total. The molecule has 2 atom stereocenters. The highest BCUT2D eigenvalue weighted by atomic mass is 79.9. The summed E-state index contributed by atoms with van der Waals surface area (Å²) in [5.41, 5.74) is 5.68. The Morgan fingerprint density at radius 2 is 1.00 bits per heavy atom. The topological polar surface area (TPSA) is 146 Å². The Labute approximate surface area is 389 Å². The van der Waals surface area contributed by atoms with Crippen molar-refractivity contribution < 1.29 is 17.7 Å². The Morgan fingerprint density at radius 1 is 0.516 bits per heavy atom. The number of rotatable bonds is 11. The minimum absolute atomic E-state index is 0.0512. The van der Waals surface area contributed by atoms with Gasteiger partial charge in [0.05, 0.1) is 5.56 Å². The number of hydrogen-bond donors (Lipinski definition) is 2. The Morgan fingerprint density at radius 3 is 1.55 bits per heavy atom. The second kappa shape index (κ2) is 17.3. The van der Waals surface area contributed by atoms with E-state index in [-0.39, 0.29) is 27.0 Å². The summed E-state index contributed by atoms with van der Waals surface area (Å²) < 4.78 is 27.9. The van der Waals surface area contributed by atoms with Gasteiger partial charge in [0.25, 0.3) is 15.6 Å². The molecule has 4 heterocycles. The number of nitrogens with zero attached hydrogens (tertiary/aromatic N) is 4. The fraction of sp³-hybridized carbons (Fsp3) is 0.0417. The SMILES string of the molecule is O=c1cc(-c2nn(C(Nc3ccc(-c4ccc(NC(c5ccc(Br)cc5)n5nc(-c6cc7ccccc7oc6=O)oc5=S)cc4)cc3)c3ccc(Br)cc3)c(=S)o2)c2ccccc2o1. The van der Waals surface area contributed by atoms with E-state index in [1.165, 1.54) is 6.07 Å². The van der Waals surface area contributed by atoms with Crippen molar-refractivity contribution in [2.45, 2.75) is 12.3 Å². The van der Waals surface area contributed by atoms with Crippen LogP contribution < -0.4 is 21.9 Å². The van der Waals surface area contributed by atoms with Crippen LogP contribution in [-0.2, 0) is 0 Å². The molecule has 314 valence electrons. The smallest absolute Gasteiger partial charge is 0.349 e. The van der Waals surface area contributed by atoms with Crippen LogP contribution in [0.4, 0.5) is 11.4 Å². The van der Waals surface area contributed by atoms with Gasteiger partial charge in [-0.05, 0) is 113 Å². The van der Waals surface area contributed by atoms with Crippen molar-refractivity contribution in [3.63, 3.8) is 0 Å². The van der Waals surface area contributed by atoms with Gasteiger partial charge in [-0.1, -0.05) is 117 Å². The van der Waals surface area contributed by atoms with Crippen molar-refractivity contribution in [1.29, 1.82) is 0 Å². The summed E-state index contributed by atoms with van der Waals surface area (Å²) in [6.45, 7) is 0. The van der Waals surface area contributed by atoms with Crippen molar-refractivity contribution in [3.8, 4) is 34.0 Å². The molecule has 0 radical (unpaired) electrons. The zero-order chi connectivity index (χ0) is 43.9. The molecular formula is C48H30Br2N6O6S2. The largest absolute Gasteiger partial charge is 0.423 e. The van der Waals surface area contributed by atoms with Gasteiger partial charge in [-0.3, -0.25) is 0 Å². The molecule has 10 aromatic rings. The molecule has 16 heteroatoms. The van der Waals surface area contributed by atoms with E-state index < -0.39 is 23.6 Å². The summed E-state index contributed by atoms with van der Waals surface area (Å²) in [4.78, 5) is 25.7. The molecule has 0 aliphatic carbocycles. The summed E-state index contributed by atoms with van der Waals surface area (Å²) in [5.74, 6) is 0.244. The van der Waals surface area contributed by atoms with Gasteiger partial charge in [-0.2, -0.15) is 9.36 Å². The van der Waals surface area contributed by atoms with Gasteiger partial charge in [0.2, 0.25) is 5.89 Å². The predicted molar refractivity (Wildman–Crippen MR) is 257 cm³/mol. The van der Waals surface area contributed by atoms with E-state index in [0.29, 0.717) is 22.1 Å². The first kappa shape index (κ1) is 41.1. The van der Waals surface area contributed by atoms with Crippen molar-refractivity contribution >= 4 is 89.6 Å². The number of para-hydroxylation sites is 2. The number of hydrogen-bond acceptors (Lipinski definition) is 12. The van der Waals surface area contributed by atoms with Gasteiger partial charge < -0.3 is 28.3 Å². The van der Waals surface area contributed by atoms with Gasteiger partial charge in [0.1, 0.15) is 16.7 Å². The zero-order valence-corrected chi connectivity index (χ0v) is 37.8. The van der Waals surface area contributed by atoms with E-state index in [9.17, 15) is 9.59 Å². The summed E-state index contributed by atoms with van der Waals surface area (Å²) >= 11 is 18.5. The third-order valence-corrected chi connectivity index (χ3v) is 12.1. The van der Waals surface area contributed by atoms with Crippen LogP contribution in [0.25, 0.3) is 56.0 Å². The summed E-state index contributed by atoms with van der Waals surface area (Å²) in [7, 11) is 0. The normalized spacial score (nSPS) is 12.3. The van der Waals surface area contributed by atoms with Crippen molar-refractivity contribution in [2.75, 3.05) is 10.6 Å². The number of benzene rings is 6. The Hall–Kier alpha value is -6.98. The average molecular weight is 1010 g/mol. The number of anilines is 2. The van der Waals surface area contributed by atoms with Gasteiger partial charge in [0.15, 0.2) is 12.3 Å². The van der Waals surface area contributed by atoms with Crippen LogP contribution >= 0.6 is 56.3 Å². The minimum atomic E-state index is -0.596. The molecule has 4 aromatic heterocycles. The Balaban J connectivity index is 0.915. The van der Waals surface area contributed by atoms with Crippen LogP contribution in [0, 0.1) is 9.67 Å². The maximum atomic E-state index is 13.0. The maximum absolute atomic E-state index is 13.0. The first-order valence-corrected chi connectivity index (χ1v) is 22.0. The standard InChI is InChI=1S/C48H30Br2N6O6S2/c49-32-17-9-29(10-18-32)42(55-47(63)61-44(53-55)37-26-41(57)59-40-8-4-2-6-36(37)40)51-34-21-13-27(14-22-34)28-15-23-35(24-16-28)52-43(30-11-19-33(50)20-12-30)56-48(64)62-45(54-56)38-25-31-5-1-3-7-39(31)60-46(38)58/h1-26,42-43,51-52H. The number of halogens is 2. The lowest BCUT2D eigenvalue weighted by molar-refractivity contribution is 0.494. The lowest BCUT2D eigenvalue weighted by Crippen LogP contribution is -2.21. The monoisotopic (exact) mass is 1010 g/mol. The molecular weight excluding hydrogens is 981 g/mol. The van der Waals surface area contributed by atoms with E-state index in [4.69, 9.17) is 47.2 Å². The summed E-state index contributed by atoms with van der Waals surface area (Å²) in [6.07, 6.45) is -1.17. The first-order valence-electron chi connectivity index (χ1n) is 19.6. The molecule has 0 aliphatic rings. The second-order valence-corrected chi connectivity index (χ2v) is 17.1. The van der Waals surface area contributed by atoms with Gasteiger partial charge in [-0.15, -0.1) is 10.2 Å². The molecule has 0 spiro atoms. The van der Waals surface area contributed by atoms with E-state index in [2.05, 4.69) is 47.6 Å². The Bertz CT molecular complexity index is 3580. The van der Waals surface area contributed by atoms with Crippen LogP contribution in [0.15, 0.2) is 194 Å². The quantitative estimate of drug-likeness (QED) is 0.0939. The zero-order valence-electron chi connectivity index (χ0n) is 33.0. The van der Waals surface area contributed by atoms with E-state index in [1.54, 1.807) is 39.7 Å². The van der Waals surface area contributed by atoms with Gasteiger partial charge >= 0.3 is 11.3 Å². The third kappa shape index (κ3) is 8.31. The maximum Gasteiger partial charge on any atom is 0.349 e. The van der Waals surface area contributed by atoms with Crippen LogP contribution in [0.1, 0.15) is 23.5 Å². The molecule has 0 saturated heterocycles. The van der Waals surface area contributed by atoms with Crippen molar-refractivity contribution in [2.24, 2.45) is 0 Å². The van der Waals surface area contributed by atoms with Crippen LogP contribution in [0.5, 0.6) is 0 Å². The van der Waals surface area contributed by atoms with Crippen LogP contribution in [0.2, 0.25) is 0 Å². The first-order chi connectivity index (χ1) is 31.1. The third-order valence-electron chi connectivity index (χ3n) is 10.5. The summed E-state index contributed by atoms with van der Waals surface area (Å²) in [6, 6.07) is 49.1. The fourth-order valence-electron chi connectivity index (χ4n) is 7.32. The molecule has 0 fully saturated rings. The average Bonchev–Trinajstić information content (AvgIpc) is 3.89. The van der Waals surface area contributed by atoms with Crippen LogP contribution in [0.3, 0.4) is 0 Å². The van der Waals surface area contributed by atoms with Gasteiger partial charge in [-0.25, -0.2) is 9.59 Å². The lowest BCUT2D eigenvalue weighted by atomic mass is 10.0. The molecule has 6 aromatic carbocycles. The molecule has 0 bridgehead atoms. The van der Waals surface area contributed by atoms with Gasteiger partial charge in [0, 0.05) is 37.2 Å². The van der Waals surface area contributed by atoms with Crippen molar-refractivity contribution in [1.82, 2.24) is 19.6 Å². The molecule has 10 rings (SSSR count). The molecule has 0 saturated carbocycles. The van der Waals surface area contributed by atoms with Crippen LogP contribution in [-0.4, -0.2) is 19.6 Å². The molecule has 0 aliphatic heterocycles. The highest BCUT2D eigenvalue weighted by Gasteiger charge is 2.24. The molecule has 64 heavy (non-hydrogen) atoms. The minimum Gasteiger partial charge on any atom is -0.423 e.